The van der Waals surface area contributed by atoms with Crippen LogP contribution >= 0.6 is 31.9 Å². The van der Waals surface area contributed by atoms with Crippen molar-refractivity contribution in [1.29, 1.82) is 0 Å². The van der Waals surface area contributed by atoms with Gasteiger partial charge in [0.2, 0.25) is 5.91 Å². The van der Waals surface area contributed by atoms with E-state index >= 15 is 0 Å². The van der Waals surface area contributed by atoms with E-state index in [9.17, 15) is 9.59 Å². The number of ketones is 1. The van der Waals surface area contributed by atoms with Gasteiger partial charge >= 0.3 is 0 Å². The number of benzene rings is 2. The maximum absolute atomic E-state index is 13.8. The van der Waals surface area contributed by atoms with E-state index in [1.807, 2.05) is 60.7 Å². The summed E-state index contributed by atoms with van der Waals surface area (Å²) in [5, 5.41) is 3.02. The average Bonchev–Trinajstić information content (AvgIpc) is 3.02. The Morgan fingerprint density at radius 3 is 2.03 bits per heavy atom. The summed E-state index contributed by atoms with van der Waals surface area (Å²) in [5.74, 6) is 0.104. The van der Waals surface area contributed by atoms with Crippen LogP contribution in [0.1, 0.15) is 41.4 Å². The number of pyridine rings is 1. The SMILES string of the molecule is O=C1CC(c2cccc(Br)c2)C2(C(=O)Nc3ncccc32)C(c2cccc(Br)c2)C1. The quantitative estimate of drug-likeness (QED) is 0.465. The number of carbonyl (C=O) groups excluding carboxylic acids is 2. The van der Waals surface area contributed by atoms with Crippen LogP contribution in [-0.2, 0) is 15.0 Å². The van der Waals surface area contributed by atoms with Crippen molar-refractivity contribution >= 4 is 49.4 Å². The number of hydrogen-bond acceptors (Lipinski definition) is 3. The Balaban J connectivity index is 1.81. The number of aromatic nitrogens is 1. The maximum Gasteiger partial charge on any atom is 0.237 e. The molecule has 4 nitrogen and oxygen atoms in total. The molecule has 1 fully saturated rings. The second-order valence-electron chi connectivity index (χ2n) is 7.88. The van der Waals surface area contributed by atoms with E-state index in [2.05, 4.69) is 42.2 Å². The number of nitrogens with one attached hydrogen (secondary N) is 1. The third kappa shape index (κ3) is 2.96. The highest BCUT2D eigenvalue weighted by Gasteiger charge is 2.61. The predicted octanol–water partition coefficient (Wildman–Crippen LogP) is 5.73. The molecule has 2 heterocycles. The monoisotopic (exact) mass is 524 g/mol. The van der Waals surface area contributed by atoms with Gasteiger partial charge in [0.05, 0.1) is 5.41 Å². The molecule has 6 heteroatoms. The third-order valence-electron chi connectivity index (χ3n) is 6.33. The number of carbonyl (C=O) groups is 2. The van der Waals surface area contributed by atoms with E-state index in [-0.39, 0.29) is 23.5 Å². The summed E-state index contributed by atoms with van der Waals surface area (Å²) in [7, 11) is 0. The molecule has 1 aliphatic carbocycles. The summed E-state index contributed by atoms with van der Waals surface area (Å²) < 4.78 is 1.86. The molecule has 1 saturated carbocycles. The zero-order valence-electron chi connectivity index (χ0n) is 15.9. The highest BCUT2D eigenvalue weighted by Crippen LogP contribution is 2.59. The van der Waals surface area contributed by atoms with Gasteiger partial charge in [-0.2, -0.15) is 0 Å². The molecule has 1 aromatic heterocycles. The second-order valence-corrected chi connectivity index (χ2v) is 9.72. The zero-order chi connectivity index (χ0) is 20.9. The van der Waals surface area contributed by atoms with Crippen LogP contribution < -0.4 is 5.32 Å². The van der Waals surface area contributed by atoms with Gasteiger partial charge < -0.3 is 5.32 Å². The van der Waals surface area contributed by atoms with Crippen molar-refractivity contribution in [2.75, 3.05) is 5.32 Å². The summed E-state index contributed by atoms with van der Waals surface area (Å²) in [6, 6.07) is 19.7. The molecule has 30 heavy (non-hydrogen) atoms. The average molecular weight is 526 g/mol. The molecule has 3 aromatic rings. The van der Waals surface area contributed by atoms with Crippen molar-refractivity contribution in [2.45, 2.75) is 30.1 Å². The number of halogens is 2. The third-order valence-corrected chi connectivity index (χ3v) is 7.31. The lowest BCUT2D eigenvalue weighted by molar-refractivity contribution is -0.128. The molecule has 150 valence electrons. The highest BCUT2D eigenvalue weighted by molar-refractivity contribution is 9.10. The van der Waals surface area contributed by atoms with Crippen molar-refractivity contribution in [2.24, 2.45) is 0 Å². The number of nitrogens with zero attached hydrogens (tertiary/aromatic N) is 1. The fraction of sp³-hybridized carbons (Fsp3) is 0.208. The standard InChI is InChI=1S/C24H18Br2N2O2/c25-16-6-1-4-14(10-16)20-12-18(29)13-21(15-5-2-7-17(26)11-15)24(20)19-8-3-9-27-22(19)28-23(24)30/h1-11,20-21H,12-13H2,(H,27,28,30). The van der Waals surface area contributed by atoms with E-state index in [1.54, 1.807) is 6.20 Å². The smallest absolute Gasteiger partial charge is 0.237 e. The molecular weight excluding hydrogens is 508 g/mol. The number of amides is 1. The van der Waals surface area contributed by atoms with Gasteiger partial charge in [0, 0.05) is 45.4 Å². The first-order valence-corrected chi connectivity index (χ1v) is 11.4. The van der Waals surface area contributed by atoms with Gasteiger partial charge in [-0.05, 0) is 41.5 Å². The fourth-order valence-corrected chi connectivity index (χ4v) is 6.01. The normalized spacial score (nSPS) is 25.3. The van der Waals surface area contributed by atoms with Gasteiger partial charge in [0.1, 0.15) is 11.6 Å². The Morgan fingerprint density at radius 1 is 0.867 bits per heavy atom. The van der Waals surface area contributed by atoms with Crippen LogP contribution in [0.15, 0.2) is 75.8 Å². The van der Waals surface area contributed by atoms with Crippen molar-refractivity contribution in [3.63, 3.8) is 0 Å². The van der Waals surface area contributed by atoms with Gasteiger partial charge in [-0.1, -0.05) is 62.2 Å². The zero-order valence-corrected chi connectivity index (χ0v) is 19.1. The summed E-state index contributed by atoms with van der Waals surface area (Å²) >= 11 is 7.11. The molecule has 5 rings (SSSR count). The number of Topliss-reactive ketones (excluding diaryl/α,β-unsaturated/α-hetero) is 1. The summed E-state index contributed by atoms with van der Waals surface area (Å²) in [5.41, 5.74) is 1.92. The fourth-order valence-electron chi connectivity index (χ4n) is 5.18. The molecule has 0 radical (unpaired) electrons. The van der Waals surface area contributed by atoms with Gasteiger partial charge in [0.25, 0.3) is 0 Å². The number of rotatable bonds is 2. The van der Waals surface area contributed by atoms with Crippen molar-refractivity contribution in [3.8, 4) is 0 Å². The lowest BCUT2D eigenvalue weighted by Crippen LogP contribution is -2.50. The van der Waals surface area contributed by atoms with E-state index in [1.165, 1.54) is 0 Å². The Hall–Kier alpha value is -2.31. The molecule has 1 amide bonds. The Kier molecular flexibility index (Phi) is 4.86. The first-order chi connectivity index (χ1) is 14.5. The molecule has 2 aromatic carbocycles. The van der Waals surface area contributed by atoms with E-state index in [0.29, 0.717) is 18.7 Å². The summed E-state index contributed by atoms with van der Waals surface area (Å²) in [4.78, 5) is 31.2. The predicted molar refractivity (Wildman–Crippen MR) is 123 cm³/mol. The molecule has 2 atom stereocenters. The Morgan fingerprint density at radius 2 is 1.47 bits per heavy atom. The Bertz CT molecular complexity index is 1120. The lowest BCUT2D eigenvalue weighted by atomic mass is 9.54. The van der Waals surface area contributed by atoms with Gasteiger partial charge in [-0.3, -0.25) is 9.59 Å². The van der Waals surface area contributed by atoms with E-state index in [0.717, 1.165) is 25.6 Å². The van der Waals surface area contributed by atoms with Crippen LogP contribution in [0, 0.1) is 0 Å². The molecule has 0 saturated heterocycles. The largest absolute Gasteiger partial charge is 0.310 e. The van der Waals surface area contributed by atoms with Gasteiger partial charge in [-0.25, -0.2) is 4.98 Å². The summed E-state index contributed by atoms with van der Waals surface area (Å²) in [6.45, 7) is 0. The highest BCUT2D eigenvalue weighted by atomic mass is 79.9. The molecule has 0 bridgehead atoms. The molecule has 2 unspecified atom stereocenters. The van der Waals surface area contributed by atoms with Crippen LogP contribution in [0.3, 0.4) is 0 Å². The van der Waals surface area contributed by atoms with E-state index < -0.39 is 5.41 Å². The van der Waals surface area contributed by atoms with Crippen LogP contribution in [0.25, 0.3) is 0 Å². The topological polar surface area (TPSA) is 59.1 Å². The van der Waals surface area contributed by atoms with Crippen LogP contribution in [-0.4, -0.2) is 16.7 Å². The number of fused-ring (bicyclic) bond motifs is 2. The molecule has 2 aliphatic rings. The summed E-state index contributed by atoms with van der Waals surface area (Å²) in [6.07, 6.45) is 2.33. The van der Waals surface area contributed by atoms with Gasteiger partial charge in [0.15, 0.2) is 0 Å². The molecule has 1 aliphatic heterocycles. The van der Waals surface area contributed by atoms with Crippen molar-refractivity contribution < 1.29 is 9.59 Å². The van der Waals surface area contributed by atoms with Crippen LogP contribution in [0.4, 0.5) is 5.82 Å². The van der Waals surface area contributed by atoms with Crippen LogP contribution in [0.2, 0.25) is 0 Å². The number of hydrogen-bond donors (Lipinski definition) is 1. The van der Waals surface area contributed by atoms with Crippen molar-refractivity contribution in [3.05, 3.63) is 92.5 Å². The first kappa shape index (κ1) is 19.6. The second kappa shape index (κ2) is 7.43. The maximum atomic E-state index is 13.8. The Labute approximate surface area is 191 Å². The first-order valence-electron chi connectivity index (χ1n) is 9.79. The lowest BCUT2D eigenvalue weighted by Gasteiger charge is -2.45. The van der Waals surface area contributed by atoms with Crippen LogP contribution in [0.5, 0.6) is 0 Å². The molecular formula is C24H18Br2N2O2. The minimum absolute atomic E-state index is 0.0846. The molecule has 1 N–H and O–H groups in total. The van der Waals surface area contributed by atoms with Gasteiger partial charge in [-0.15, -0.1) is 0 Å². The minimum atomic E-state index is -0.904. The number of anilines is 1. The van der Waals surface area contributed by atoms with Crippen molar-refractivity contribution in [1.82, 2.24) is 4.98 Å². The minimum Gasteiger partial charge on any atom is -0.310 e. The van der Waals surface area contributed by atoms with E-state index in [4.69, 9.17) is 0 Å². The molecule has 1 spiro atoms.